The SMILES string of the molecule is CCCC=CC1CCC(c2ccc(C3=NC(C(C)C)CO3)cc2)CC1. The molecule has 1 aliphatic heterocycles. The normalized spacial score (nSPS) is 26.9. The highest BCUT2D eigenvalue weighted by molar-refractivity contribution is 5.95. The lowest BCUT2D eigenvalue weighted by Crippen LogP contribution is -2.13. The maximum atomic E-state index is 5.80. The fraction of sp³-hybridized carbons (Fsp3) is 0.609. The molecule has 0 saturated heterocycles. The van der Waals surface area contributed by atoms with E-state index in [1.807, 2.05) is 0 Å². The Labute approximate surface area is 153 Å². The molecule has 0 spiro atoms. The van der Waals surface area contributed by atoms with Crippen molar-refractivity contribution in [2.75, 3.05) is 6.61 Å². The zero-order valence-corrected chi connectivity index (χ0v) is 16.1. The molecule has 25 heavy (non-hydrogen) atoms. The summed E-state index contributed by atoms with van der Waals surface area (Å²) in [7, 11) is 0. The monoisotopic (exact) mass is 339 g/mol. The number of unbranched alkanes of at least 4 members (excludes halogenated alkanes) is 1. The Bertz CT molecular complexity index is 591. The van der Waals surface area contributed by atoms with Crippen molar-refractivity contribution >= 4 is 5.90 Å². The van der Waals surface area contributed by atoms with Gasteiger partial charge in [-0.3, -0.25) is 0 Å². The summed E-state index contributed by atoms with van der Waals surface area (Å²) < 4.78 is 5.80. The molecule has 2 heteroatoms. The molecule has 1 saturated carbocycles. The summed E-state index contributed by atoms with van der Waals surface area (Å²) in [4.78, 5) is 4.73. The van der Waals surface area contributed by atoms with Crippen molar-refractivity contribution < 1.29 is 4.74 Å². The van der Waals surface area contributed by atoms with Gasteiger partial charge in [0.05, 0.1) is 6.04 Å². The fourth-order valence-electron chi connectivity index (χ4n) is 3.89. The highest BCUT2D eigenvalue weighted by Gasteiger charge is 2.24. The van der Waals surface area contributed by atoms with E-state index >= 15 is 0 Å². The molecule has 0 aromatic heterocycles. The summed E-state index contributed by atoms with van der Waals surface area (Å²) in [6, 6.07) is 9.29. The van der Waals surface area contributed by atoms with Crippen LogP contribution in [0.1, 0.15) is 76.3 Å². The van der Waals surface area contributed by atoms with Crippen LogP contribution in [0.5, 0.6) is 0 Å². The lowest BCUT2D eigenvalue weighted by molar-refractivity contribution is 0.292. The highest BCUT2D eigenvalue weighted by Crippen LogP contribution is 2.36. The van der Waals surface area contributed by atoms with Gasteiger partial charge in [0.25, 0.3) is 0 Å². The molecular formula is C23H33NO. The maximum absolute atomic E-state index is 5.80. The van der Waals surface area contributed by atoms with Crippen LogP contribution < -0.4 is 0 Å². The van der Waals surface area contributed by atoms with E-state index in [0.717, 1.165) is 29.9 Å². The lowest BCUT2D eigenvalue weighted by Gasteiger charge is -2.27. The van der Waals surface area contributed by atoms with Crippen molar-refractivity contribution in [2.45, 2.75) is 71.3 Å². The Morgan fingerprint density at radius 1 is 1.12 bits per heavy atom. The summed E-state index contributed by atoms with van der Waals surface area (Å²) in [6.07, 6.45) is 12.6. The third-order valence-corrected chi connectivity index (χ3v) is 5.71. The average molecular weight is 340 g/mol. The van der Waals surface area contributed by atoms with Crippen molar-refractivity contribution in [3.63, 3.8) is 0 Å². The van der Waals surface area contributed by atoms with Crippen LogP contribution in [0.15, 0.2) is 41.4 Å². The van der Waals surface area contributed by atoms with Gasteiger partial charge in [0.1, 0.15) is 6.61 Å². The first-order valence-electron chi connectivity index (χ1n) is 10.1. The molecule has 1 aliphatic carbocycles. The zero-order chi connectivity index (χ0) is 17.6. The third-order valence-electron chi connectivity index (χ3n) is 5.71. The molecule has 0 N–H and O–H groups in total. The van der Waals surface area contributed by atoms with Crippen LogP contribution in [0.25, 0.3) is 0 Å². The van der Waals surface area contributed by atoms with Gasteiger partial charge in [-0.2, -0.15) is 0 Å². The van der Waals surface area contributed by atoms with E-state index in [4.69, 9.17) is 9.73 Å². The molecule has 2 aliphatic rings. The van der Waals surface area contributed by atoms with Gasteiger partial charge >= 0.3 is 0 Å². The van der Waals surface area contributed by atoms with Gasteiger partial charge in [-0.05, 0) is 67.6 Å². The second-order valence-corrected chi connectivity index (χ2v) is 8.01. The quantitative estimate of drug-likeness (QED) is 0.572. The van der Waals surface area contributed by atoms with E-state index in [9.17, 15) is 0 Å². The van der Waals surface area contributed by atoms with Crippen molar-refractivity contribution in [3.05, 3.63) is 47.5 Å². The summed E-state index contributed by atoms with van der Waals surface area (Å²) in [5.41, 5.74) is 2.61. The molecule has 1 aromatic carbocycles. The van der Waals surface area contributed by atoms with E-state index in [1.165, 1.54) is 44.1 Å². The fourth-order valence-corrected chi connectivity index (χ4v) is 3.89. The van der Waals surface area contributed by atoms with Crippen molar-refractivity contribution in [1.82, 2.24) is 0 Å². The molecule has 0 radical (unpaired) electrons. The Hall–Kier alpha value is -1.57. The molecule has 0 bridgehead atoms. The molecule has 1 unspecified atom stereocenters. The molecule has 1 fully saturated rings. The average Bonchev–Trinajstić information content (AvgIpc) is 3.13. The van der Waals surface area contributed by atoms with Crippen LogP contribution >= 0.6 is 0 Å². The largest absolute Gasteiger partial charge is 0.475 e. The molecular weight excluding hydrogens is 306 g/mol. The van der Waals surface area contributed by atoms with Gasteiger partial charge in [0.15, 0.2) is 0 Å². The molecule has 3 rings (SSSR count). The van der Waals surface area contributed by atoms with Crippen LogP contribution in [0.3, 0.4) is 0 Å². The number of hydrogen-bond donors (Lipinski definition) is 0. The van der Waals surface area contributed by atoms with Gasteiger partial charge in [0.2, 0.25) is 5.90 Å². The third kappa shape index (κ3) is 4.74. The lowest BCUT2D eigenvalue weighted by atomic mass is 9.78. The first-order valence-corrected chi connectivity index (χ1v) is 10.1. The summed E-state index contributed by atoms with van der Waals surface area (Å²) >= 11 is 0. The second-order valence-electron chi connectivity index (χ2n) is 8.01. The van der Waals surface area contributed by atoms with E-state index in [1.54, 1.807) is 0 Å². The van der Waals surface area contributed by atoms with Crippen LogP contribution in [0, 0.1) is 11.8 Å². The van der Waals surface area contributed by atoms with E-state index in [-0.39, 0.29) is 0 Å². The van der Waals surface area contributed by atoms with Gasteiger partial charge in [-0.15, -0.1) is 0 Å². The van der Waals surface area contributed by atoms with Crippen LogP contribution in [0.2, 0.25) is 0 Å². The molecule has 1 heterocycles. The smallest absolute Gasteiger partial charge is 0.216 e. The number of rotatable bonds is 6. The van der Waals surface area contributed by atoms with Crippen LogP contribution in [-0.4, -0.2) is 18.5 Å². The number of nitrogens with zero attached hydrogens (tertiary/aromatic N) is 1. The molecule has 2 nitrogen and oxygen atoms in total. The predicted molar refractivity (Wildman–Crippen MR) is 106 cm³/mol. The van der Waals surface area contributed by atoms with Gasteiger partial charge in [-0.25, -0.2) is 4.99 Å². The minimum absolute atomic E-state index is 0.311. The van der Waals surface area contributed by atoms with Crippen molar-refractivity contribution in [1.29, 1.82) is 0 Å². The number of hydrogen-bond acceptors (Lipinski definition) is 2. The Balaban J connectivity index is 1.56. The molecule has 136 valence electrons. The molecule has 1 aromatic rings. The standard InChI is InChI=1S/C23H33NO/c1-4-5-6-7-18-8-10-19(11-9-18)20-12-14-21(15-13-20)23-24-22(16-25-23)17(2)3/h6-7,12-15,17-19,22H,4-5,8-11,16H2,1-3H3. The van der Waals surface area contributed by atoms with Crippen molar-refractivity contribution in [2.24, 2.45) is 16.8 Å². The van der Waals surface area contributed by atoms with Crippen molar-refractivity contribution in [3.8, 4) is 0 Å². The van der Waals surface area contributed by atoms with Gasteiger partial charge in [-0.1, -0.05) is 51.5 Å². The van der Waals surface area contributed by atoms with Gasteiger partial charge < -0.3 is 4.74 Å². The van der Waals surface area contributed by atoms with Gasteiger partial charge in [0, 0.05) is 5.56 Å². The first kappa shape index (κ1) is 18.2. The van der Waals surface area contributed by atoms with Crippen LogP contribution in [0.4, 0.5) is 0 Å². The van der Waals surface area contributed by atoms with E-state index in [2.05, 4.69) is 57.2 Å². The Morgan fingerprint density at radius 3 is 2.44 bits per heavy atom. The molecule has 1 atom stereocenters. The Morgan fingerprint density at radius 2 is 1.84 bits per heavy atom. The zero-order valence-electron chi connectivity index (χ0n) is 16.1. The summed E-state index contributed by atoms with van der Waals surface area (Å²) in [5.74, 6) is 2.89. The highest BCUT2D eigenvalue weighted by atomic mass is 16.5. The number of benzene rings is 1. The van der Waals surface area contributed by atoms with E-state index in [0.29, 0.717) is 12.0 Å². The first-order chi connectivity index (χ1) is 12.2. The minimum atomic E-state index is 0.311. The predicted octanol–water partition coefficient (Wildman–Crippen LogP) is 6.12. The minimum Gasteiger partial charge on any atom is -0.475 e. The topological polar surface area (TPSA) is 21.6 Å². The van der Waals surface area contributed by atoms with Crippen LogP contribution in [-0.2, 0) is 4.74 Å². The summed E-state index contributed by atoms with van der Waals surface area (Å²) in [6.45, 7) is 7.38. The second kappa shape index (κ2) is 8.69. The number of ether oxygens (including phenoxy) is 1. The van der Waals surface area contributed by atoms with E-state index < -0.39 is 0 Å². The maximum Gasteiger partial charge on any atom is 0.216 e. The Kier molecular flexibility index (Phi) is 6.34. The summed E-state index contributed by atoms with van der Waals surface area (Å²) in [5, 5.41) is 0. The number of aliphatic imine (C=N–C) groups is 1. The number of allylic oxidation sites excluding steroid dienone is 2. The molecule has 0 amide bonds.